The van der Waals surface area contributed by atoms with Gasteiger partial charge in [0.2, 0.25) is 0 Å². The summed E-state index contributed by atoms with van der Waals surface area (Å²) in [6.07, 6.45) is 22.2. The summed E-state index contributed by atoms with van der Waals surface area (Å²) in [5.41, 5.74) is 0.876. The molecule has 386 valence electrons. The zero-order valence-electron chi connectivity index (χ0n) is 41.9. The lowest BCUT2D eigenvalue weighted by molar-refractivity contribution is -0.156. The molecule has 0 saturated heterocycles. The minimum absolute atomic E-state index is 0.0169. The van der Waals surface area contributed by atoms with Gasteiger partial charge in [0.25, 0.3) is 0 Å². The largest absolute Gasteiger partial charge is 0.465 e. The average molecular weight is 960 g/mol. The summed E-state index contributed by atoms with van der Waals surface area (Å²) < 4.78 is 33.8. The molecule has 1 N–H and O–H groups in total. The highest BCUT2D eigenvalue weighted by molar-refractivity contribution is 5.73. The predicted octanol–water partition coefficient (Wildman–Crippen LogP) is 9.24. The van der Waals surface area contributed by atoms with Gasteiger partial charge in [0.1, 0.15) is 18.8 Å². The number of anilines is 1. The lowest BCUT2D eigenvalue weighted by Crippen LogP contribution is -2.42. The van der Waals surface area contributed by atoms with E-state index in [9.17, 15) is 33.9 Å². The van der Waals surface area contributed by atoms with Gasteiger partial charge in [-0.15, -0.1) is 0 Å². The van der Waals surface area contributed by atoms with Gasteiger partial charge in [0.05, 0.1) is 52.3 Å². The van der Waals surface area contributed by atoms with Crippen molar-refractivity contribution in [3.63, 3.8) is 0 Å². The molecular weight excluding hydrogens is 875 g/mol. The molecule has 0 saturated carbocycles. The fraction of sp³-hybridized carbons (Fsp3) is 0.750. The van der Waals surface area contributed by atoms with Gasteiger partial charge in [-0.2, -0.15) is 0 Å². The minimum Gasteiger partial charge on any atom is -0.465 e. The number of amides is 1. The molecule has 16 nitrogen and oxygen atoms in total. The number of aromatic nitrogens is 1. The van der Waals surface area contributed by atoms with Crippen LogP contribution in [0.1, 0.15) is 168 Å². The molecule has 1 amide bonds. The number of unbranched alkanes of at least 4 members (excludes halogenated alkanes) is 15. The third kappa shape index (κ3) is 29.2. The van der Waals surface area contributed by atoms with Crippen LogP contribution in [0.4, 0.5) is 10.5 Å². The topological polar surface area (TPSA) is 197 Å². The zero-order chi connectivity index (χ0) is 49.6. The van der Waals surface area contributed by atoms with Crippen LogP contribution in [0.25, 0.3) is 0 Å². The summed E-state index contributed by atoms with van der Waals surface area (Å²) in [6.45, 7) is 5.70. The Hall–Kier alpha value is -4.73. The molecule has 0 aliphatic carbocycles. The molecule has 0 bridgehead atoms. The van der Waals surface area contributed by atoms with Crippen molar-refractivity contribution in [2.45, 2.75) is 181 Å². The highest BCUT2D eigenvalue weighted by Gasteiger charge is 2.30. The van der Waals surface area contributed by atoms with Gasteiger partial charge >= 0.3 is 35.9 Å². The zero-order valence-corrected chi connectivity index (χ0v) is 41.9. The van der Waals surface area contributed by atoms with E-state index in [0.717, 1.165) is 95.6 Å². The van der Waals surface area contributed by atoms with Gasteiger partial charge in [-0.1, -0.05) is 117 Å². The second kappa shape index (κ2) is 38.2. The molecule has 2 rings (SSSR count). The number of hydrogen-bond acceptors (Lipinski definition) is 15. The Balaban J connectivity index is 2.11. The molecule has 2 heterocycles. The number of carbonyl (C=O) groups excluding carboxylic acids is 6. The van der Waals surface area contributed by atoms with Crippen molar-refractivity contribution in [3.8, 4) is 0 Å². The molecule has 0 spiro atoms. The van der Waals surface area contributed by atoms with Gasteiger partial charge in [-0.05, 0) is 43.5 Å². The summed E-state index contributed by atoms with van der Waals surface area (Å²) >= 11 is 0. The number of carbonyl (C=O) groups is 6. The highest BCUT2D eigenvalue weighted by Crippen LogP contribution is 2.18. The van der Waals surface area contributed by atoms with Gasteiger partial charge in [0, 0.05) is 62.8 Å². The van der Waals surface area contributed by atoms with E-state index in [4.69, 9.17) is 28.4 Å². The third-order valence-corrected chi connectivity index (χ3v) is 11.7. The number of aliphatic hydroxyl groups excluding tert-OH is 1. The van der Waals surface area contributed by atoms with Crippen molar-refractivity contribution >= 4 is 41.6 Å². The molecule has 3 atom stereocenters. The predicted molar refractivity (Wildman–Crippen MR) is 259 cm³/mol. The molecule has 68 heavy (non-hydrogen) atoms. The van der Waals surface area contributed by atoms with Crippen LogP contribution in [0.2, 0.25) is 0 Å². The SMILES string of the molecule is CCCCCCCCC(=O)OCC(COC(=O)CCCCCCCC)CC(=O)O[C@@H]1C=C[C@H](OC(=O)CC(CO)COC(=O)CCCCCCCC)CN(C(=O)OCCN(C)c2ccncc2)C1. The van der Waals surface area contributed by atoms with Crippen LogP contribution < -0.4 is 4.90 Å². The maximum atomic E-state index is 13.6. The maximum absolute atomic E-state index is 13.6. The monoisotopic (exact) mass is 960 g/mol. The summed E-state index contributed by atoms with van der Waals surface area (Å²) in [5, 5.41) is 10.00. The van der Waals surface area contributed by atoms with Crippen LogP contribution in [0.5, 0.6) is 0 Å². The van der Waals surface area contributed by atoms with Crippen molar-refractivity contribution in [3.05, 3.63) is 36.7 Å². The Morgan fingerprint density at radius 1 is 0.588 bits per heavy atom. The van der Waals surface area contributed by atoms with Gasteiger partial charge in [0.15, 0.2) is 0 Å². The second-order valence-electron chi connectivity index (χ2n) is 18.0. The first-order valence-corrected chi connectivity index (χ1v) is 25.7. The molecule has 1 aliphatic heterocycles. The van der Waals surface area contributed by atoms with E-state index in [0.29, 0.717) is 25.8 Å². The number of hydrogen-bond donors (Lipinski definition) is 1. The fourth-order valence-corrected chi connectivity index (χ4v) is 7.51. The first kappa shape index (κ1) is 59.4. The van der Waals surface area contributed by atoms with E-state index in [-0.39, 0.29) is 89.5 Å². The lowest BCUT2D eigenvalue weighted by atomic mass is 10.1. The number of pyridine rings is 1. The molecule has 16 heteroatoms. The Bertz CT molecular complexity index is 1550. The highest BCUT2D eigenvalue weighted by atomic mass is 16.6. The maximum Gasteiger partial charge on any atom is 0.410 e. The molecule has 0 aromatic carbocycles. The molecule has 1 unspecified atom stereocenters. The van der Waals surface area contributed by atoms with E-state index < -0.39 is 48.7 Å². The number of nitrogens with zero attached hydrogens (tertiary/aromatic N) is 3. The summed E-state index contributed by atoms with van der Waals surface area (Å²) in [4.78, 5) is 85.3. The minimum atomic E-state index is -0.986. The van der Waals surface area contributed by atoms with Crippen molar-refractivity contribution in [1.82, 2.24) is 9.88 Å². The average Bonchev–Trinajstić information content (AvgIpc) is 3.53. The molecule has 1 aromatic rings. The van der Waals surface area contributed by atoms with Crippen LogP contribution in [-0.4, -0.2) is 123 Å². The third-order valence-electron chi connectivity index (χ3n) is 11.7. The van der Waals surface area contributed by atoms with E-state index in [1.54, 1.807) is 12.4 Å². The number of esters is 5. The number of ether oxygens (including phenoxy) is 6. The van der Waals surface area contributed by atoms with Crippen LogP contribution >= 0.6 is 0 Å². The molecule has 0 radical (unpaired) electrons. The molecule has 1 aromatic heterocycles. The van der Waals surface area contributed by atoms with E-state index in [2.05, 4.69) is 25.8 Å². The molecular formula is C52H85N3O13. The Labute approximate surface area is 406 Å². The van der Waals surface area contributed by atoms with Crippen molar-refractivity contribution in [2.75, 3.05) is 64.6 Å². The molecule has 1 aliphatic rings. The van der Waals surface area contributed by atoms with Crippen molar-refractivity contribution in [2.24, 2.45) is 11.8 Å². The van der Waals surface area contributed by atoms with Gasteiger partial charge in [-0.25, -0.2) is 4.79 Å². The van der Waals surface area contributed by atoms with E-state index in [1.807, 2.05) is 24.1 Å². The Morgan fingerprint density at radius 3 is 1.41 bits per heavy atom. The number of likely N-dealkylation sites (N-methyl/N-ethyl adjacent to an activating group) is 1. The molecule has 0 fully saturated rings. The van der Waals surface area contributed by atoms with Crippen LogP contribution in [-0.2, 0) is 52.4 Å². The smallest absolute Gasteiger partial charge is 0.410 e. The van der Waals surface area contributed by atoms with Crippen LogP contribution in [0, 0.1) is 11.8 Å². The van der Waals surface area contributed by atoms with Crippen LogP contribution in [0.15, 0.2) is 36.7 Å². The van der Waals surface area contributed by atoms with Crippen molar-refractivity contribution < 1.29 is 62.3 Å². The van der Waals surface area contributed by atoms with Crippen molar-refractivity contribution in [1.29, 1.82) is 0 Å². The van der Waals surface area contributed by atoms with Crippen LogP contribution in [0.3, 0.4) is 0 Å². The van der Waals surface area contributed by atoms with E-state index in [1.165, 1.54) is 23.5 Å². The summed E-state index contributed by atoms with van der Waals surface area (Å²) in [5.74, 6) is -3.91. The summed E-state index contributed by atoms with van der Waals surface area (Å²) in [7, 11) is 1.85. The number of aliphatic hydroxyl groups is 1. The Kier molecular flexibility index (Phi) is 33.3. The normalized spacial score (nSPS) is 15.0. The number of rotatable bonds is 38. The first-order chi connectivity index (χ1) is 33.0. The van der Waals surface area contributed by atoms with Gasteiger partial charge in [-0.3, -0.25) is 29.0 Å². The lowest BCUT2D eigenvalue weighted by Gasteiger charge is -2.27. The fourth-order valence-electron chi connectivity index (χ4n) is 7.51. The Morgan fingerprint density at radius 2 is 0.985 bits per heavy atom. The second-order valence-corrected chi connectivity index (χ2v) is 18.0. The van der Waals surface area contributed by atoms with Gasteiger partial charge < -0.3 is 43.3 Å². The first-order valence-electron chi connectivity index (χ1n) is 25.7. The van der Waals surface area contributed by atoms with E-state index >= 15 is 0 Å². The quantitative estimate of drug-likeness (QED) is 0.0285. The standard InChI is InChI=1S/C52H85N3O13/c1-5-8-11-14-17-20-23-47(57)64-39-42(38-56)34-50(60)67-45-26-27-46(37-55(36-45)52(62)63-33-32-54(4)44-28-30-53-31-29-44)68-51(61)35-43(40-65-48(58)24-21-18-15-12-9-6-2)41-66-49(59)25-22-19-16-13-10-7-3/h26-31,42-43,45-46,56H,5-25,32-41H2,1-4H3/t42?,45-,46+/m0/s1. The summed E-state index contributed by atoms with van der Waals surface area (Å²) in [6, 6.07) is 3.65.